The van der Waals surface area contributed by atoms with Gasteiger partial charge in [-0.3, -0.25) is 0 Å². The van der Waals surface area contributed by atoms with Crippen LogP contribution in [0.3, 0.4) is 0 Å². The van der Waals surface area contributed by atoms with Crippen molar-refractivity contribution < 1.29 is 9.94 Å². The first kappa shape index (κ1) is 12.7. The molecule has 0 unspecified atom stereocenters. The zero-order chi connectivity index (χ0) is 13.1. The highest BCUT2D eigenvalue weighted by atomic mass is 127. The Hall–Kier alpha value is -1.77. The first-order chi connectivity index (χ1) is 8.65. The van der Waals surface area contributed by atoms with E-state index in [1.165, 1.54) is 0 Å². The molecule has 0 amide bonds. The topological polar surface area (TPSA) is 85.7 Å². The Morgan fingerprint density at radius 3 is 2.89 bits per heavy atom. The summed E-state index contributed by atoms with van der Waals surface area (Å²) in [7, 11) is 1.58. The van der Waals surface area contributed by atoms with Crippen molar-refractivity contribution in [2.75, 3.05) is 7.11 Å². The predicted octanol–water partition coefficient (Wildman–Crippen LogP) is 1.58. The van der Waals surface area contributed by atoms with Crippen molar-refractivity contribution in [3.63, 3.8) is 0 Å². The van der Waals surface area contributed by atoms with E-state index >= 15 is 0 Å². The molecule has 0 fully saturated rings. The molecule has 0 bridgehead atoms. The van der Waals surface area contributed by atoms with Crippen LogP contribution in [0.4, 0.5) is 0 Å². The van der Waals surface area contributed by atoms with Crippen molar-refractivity contribution in [1.29, 1.82) is 0 Å². The molecule has 1 heterocycles. The van der Waals surface area contributed by atoms with Gasteiger partial charge in [-0.2, -0.15) is 5.10 Å². The maximum absolute atomic E-state index is 8.79. The summed E-state index contributed by atoms with van der Waals surface area (Å²) in [5, 5.41) is 16.0. The molecule has 7 heteroatoms. The summed E-state index contributed by atoms with van der Waals surface area (Å²) in [6.45, 7) is 0. The van der Waals surface area contributed by atoms with Crippen LogP contribution in [-0.4, -0.2) is 27.9 Å². The number of nitrogens with zero attached hydrogens (tertiary/aromatic N) is 3. The lowest BCUT2D eigenvalue weighted by atomic mass is 10.1. The molecule has 0 saturated heterocycles. The number of oxime groups is 1. The number of hydrogen-bond donors (Lipinski definition) is 2. The van der Waals surface area contributed by atoms with E-state index in [9.17, 15) is 0 Å². The molecule has 94 valence electrons. The van der Waals surface area contributed by atoms with Crippen molar-refractivity contribution in [1.82, 2.24) is 9.78 Å². The molecule has 0 aliphatic rings. The normalized spacial score (nSPS) is 11.6. The Bertz CT molecular complexity index is 594. The smallest absolute Gasteiger partial charge is 0.172 e. The van der Waals surface area contributed by atoms with Crippen LogP contribution in [-0.2, 0) is 0 Å². The summed E-state index contributed by atoms with van der Waals surface area (Å²) in [6, 6.07) is 5.24. The number of rotatable bonds is 3. The van der Waals surface area contributed by atoms with E-state index < -0.39 is 0 Å². The molecule has 2 aromatic rings. The van der Waals surface area contributed by atoms with Crippen molar-refractivity contribution >= 4 is 28.4 Å². The highest BCUT2D eigenvalue weighted by molar-refractivity contribution is 14.1. The van der Waals surface area contributed by atoms with Gasteiger partial charge in [-0.1, -0.05) is 5.16 Å². The van der Waals surface area contributed by atoms with Gasteiger partial charge in [0.2, 0.25) is 0 Å². The molecule has 0 radical (unpaired) electrons. The van der Waals surface area contributed by atoms with Crippen molar-refractivity contribution in [2.24, 2.45) is 10.9 Å². The number of nitrogens with two attached hydrogens (primary N) is 1. The van der Waals surface area contributed by atoms with E-state index in [1.807, 2.05) is 6.20 Å². The average molecular weight is 358 g/mol. The van der Waals surface area contributed by atoms with Crippen LogP contribution < -0.4 is 10.5 Å². The molecule has 1 aromatic carbocycles. The largest absolute Gasteiger partial charge is 0.497 e. The molecule has 0 saturated carbocycles. The molecule has 2 rings (SSSR count). The van der Waals surface area contributed by atoms with Crippen molar-refractivity contribution in [3.8, 4) is 11.4 Å². The summed E-state index contributed by atoms with van der Waals surface area (Å²) in [5.74, 6) is 0.697. The summed E-state index contributed by atoms with van der Waals surface area (Å²) in [6.07, 6.45) is 3.56. The Morgan fingerprint density at radius 1 is 1.56 bits per heavy atom. The van der Waals surface area contributed by atoms with Gasteiger partial charge in [0.1, 0.15) is 5.75 Å². The third-order valence-corrected chi connectivity index (χ3v) is 2.94. The molecule has 0 spiro atoms. The number of benzene rings is 1. The molecule has 0 aliphatic heterocycles. The lowest BCUT2D eigenvalue weighted by Crippen LogP contribution is -2.16. The predicted molar refractivity (Wildman–Crippen MR) is 75.3 cm³/mol. The SMILES string of the molecule is COc1ccc(/C(N)=N/O)c(-n2cc(I)cn2)c1. The number of amidine groups is 1. The number of ether oxygens (including phenoxy) is 1. The summed E-state index contributed by atoms with van der Waals surface area (Å²) in [4.78, 5) is 0. The van der Waals surface area contributed by atoms with E-state index in [0.717, 1.165) is 3.57 Å². The van der Waals surface area contributed by atoms with Gasteiger partial charge in [0.25, 0.3) is 0 Å². The lowest BCUT2D eigenvalue weighted by Gasteiger charge is -2.10. The van der Waals surface area contributed by atoms with Gasteiger partial charge in [0.05, 0.1) is 22.6 Å². The molecular weight excluding hydrogens is 347 g/mol. The highest BCUT2D eigenvalue weighted by Gasteiger charge is 2.11. The summed E-state index contributed by atoms with van der Waals surface area (Å²) < 4.78 is 7.80. The second-order valence-electron chi connectivity index (χ2n) is 3.47. The summed E-state index contributed by atoms with van der Waals surface area (Å²) in [5.41, 5.74) is 6.92. The Morgan fingerprint density at radius 2 is 2.33 bits per heavy atom. The molecule has 0 aliphatic carbocycles. The van der Waals surface area contributed by atoms with E-state index in [1.54, 1.807) is 36.2 Å². The fourth-order valence-corrected chi connectivity index (χ4v) is 1.92. The van der Waals surface area contributed by atoms with Gasteiger partial charge in [0, 0.05) is 17.8 Å². The third kappa shape index (κ3) is 2.40. The highest BCUT2D eigenvalue weighted by Crippen LogP contribution is 2.21. The van der Waals surface area contributed by atoms with E-state index in [2.05, 4.69) is 32.8 Å². The molecule has 3 N–H and O–H groups in total. The van der Waals surface area contributed by atoms with Crippen LogP contribution in [0.2, 0.25) is 0 Å². The maximum Gasteiger partial charge on any atom is 0.172 e. The third-order valence-electron chi connectivity index (χ3n) is 2.39. The van der Waals surface area contributed by atoms with Gasteiger partial charge in [-0.25, -0.2) is 4.68 Å². The van der Waals surface area contributed by atoms with Crippen LogP contribution in [0.25, 0.3) is 5.69 Å². The molecular formula is C11H11IN4O2. The van der Waals surface area contributed by atoms with Gasteiger partial charge in [-0.05, 0) is 34.7 Å². The Balaban J connectivity index is 2.61. The number of hydrogen-bond acceptors (Lipinski definition) is 4. The second kappa shape index (κ2) is 5.25. The fraction of sp³-hybridized carbons (Fsp3) is 0.0909. The average Bonchev–Trinajstić information content (AvgIpc) is 2.83. The monoisotopic (exact) mass is 358 g/mol. The van der Waals surface area contributed by atoms with Gasteiger partial charge in [0.15, 0.2) is 5.84 Å². The number of halogens is 1. The minimum absolute atomic E-state index is 0.0261. The maximum atomic E-state index is 8.79. The van der Waals surface area contributed by atoms with Crippen molar-refractivity contribution in [2.45, 2.75) is 0 Å². The molecule has 6 nitrogen and oxygen atoms in total. The lowest BCUT2D eigenvalue weighted by molar-refractivity contribution is 0.318. The molecule has 0 atom stereocenters. The van der Waals surface area contributed by atoms with Crippen LogP contribution in [0, 0.1) is 3.57 Å². The second-order valence-corrected chi connectivity index (χ2v) is 4.72. The minimum Gasteiger partial charge on any atom is -0.497 e. The molecule has 1 aromatic heterocycles. The van der Waals surface area contributed by atoms with E-state index in [4.69, 9.17) is 15.7 Å². The first-order valence-electron chi connectivity index (χ1n) is 5.02. The zero-order valence-electron chi connectivity index (χ0n) is 9.54. The first-order valence-corrected chi connectivity index (χ1v) is 6.10. The van der Waals surface area contributed by atoms with E-state index in [-0.39, 0.29) is 5.84 Å². The van der Waals surface area contributed by atoms with Gasteiger partial charge in [-0.15, -0.1) is 0 Å². The number of aromatic nitrogens is 2. The molecule has 18 heavy (non-hydrogen) atoms. The Kier molecular flexibility index (Phi) is 3.70. The summed E-state index contributed by atoms with van der Waals surface area (Å²) >= 11 is 2.16. The van der Waals surface area contributed by atoms with Crippen LogP contribution >= 0.6 is 22.6 Å². The van der Waals surface area contributed by atoms with Crippen LogP contribution in [0.5, 0.6) is 5.75 Å². The fourth-order valence-electron chi connectivity index (χ4n) is 1.53. The Labute approximate surface area is 117 Å². The van der Waals surface area contributed by atoms with Gasteiger partial charge >= 0.3 is 0 Å². The number of methoxy groups -OCH3 is 1. The van der Waals surface area contributed by atoms with E-state index in [0.29, 0.717) is 17.0 Å². The zero-order valence-corrected chi connectivity index (χ0v) is 11.7. The van der Waals surface area contributed by atoms with Crippen LogP contribution in [0.15, 0.2) is 35.7 Å². The standard InChI is InChI=1S/C11H11IN4O2/c1-18-8-2-3-9(11(13)15-17)10(4-8)16-6-7(12)5-14-16/h2-6,17H,1H3,(H2,13,15). The van der Waals surface area contributed by atoms with Crippen molar-refractivity contribution in [3.05, 3.63) is 39.7 Å². The minimum atomic E-state index is 0.0261. The van der Waals surface area contributed by atoms with Gasteiger partial charge < -0.3 is 15.7 Å². The van der Waals surface area contributed by atoms with Crippen LogP contribution in [0.1, 0.15) is 5.56 Å². The quantitative estimate of drug-likeness (QED) is 0.287.